The Kier molecular flexibility index (Phi) is 5.50. The summed E-state index contributed by atoms with van der Waals surface area (Å²) in [6, 6.07) is 7.96. The second kappa shape index (κ2) is 6.89. The maximum atomic E-state index is 8.95. The fourth-order valence-corrected chi connectivity index (χ4v) is 1.76. The van der Waals surface area contributed by atoms with Gasteiger partial charge in [0.15, 0.2) is 0 Å². The molecule has 0 aliphatic heterocycles. The summed E-state index contributed by atoms with van der Waals surface area (Å²) < 4.78 is 10.5. The summed E-state index contributed by atoms with van der Waals surface area (Å²) in [5, 5.41) is 12.3. The highest BCUT2D eigenvalue weighted by Gasteiger charge is 2.15. The van der Waals surface area contributed by atoms with Gasteiger partial charge in [-0.15, -0.1) is 0 Å². The third-order valence-corrected chi connectivity index (χ3v) is 3.00. The zero-order chi connectivity index (χ0) is 14.3. The van der Waals surface area contributed by atoms with Crippen molar-refractivity contribution >= 4 is 5.69 Å². The molecule has 0 atom stereocenters. The topological polar surface area (TPSA) is 54.3 Å². The van der Waals surface area contributed by atoms with Crippen LogP contribution >= 0.6 is 0 Å². The van der Waals surface area contributed by atoms with Crippen LogP contribution in [0.5, 0.6) is 11.5 Å². The molecule has 4 nitrogen and oxygen atoms in total. The molecule has 0 unspecified atom stereocenters. The minimum atomic E-state index is -0.264. The highest BCUT2D eigenvalue weighted by molar-refractivity contribution is 5.59. The molecule has 0 bridgehead atoms. The van der Waals surface area contributed by atoms with Crippen LogP contribution < -0.4 is 14.8 Å². The predicted molar refractivity (Wildman–Crippen MR) is 76.7 cm³/mol. The maximum absolute atomic E-state index is 8.95. The van der Waals surface area contributed by atoms with Crippen LogP contribution in [0.25, 0.3) is 0 Å². The van der Waals surface area contributed by atoms with Gasteiger partial charge in [0.1, 0.15) is 11.5 Å². The molecule has 0 heterocycles. The van der Waals surface area contributed by atoms with Gasteiger partial charge < -0.3 is 14.8 Å². The smallest absolute Gasteiger partial charge is 0.142 e. The van der Waals surface area contributed by atoms with Crippen molar-refractivity contribution in [2.75, 3.05) is 26.1 Å². The van der Waals surface area contributed by atoms with Gasteiger partial charge in [0, 0.05) is 12.6 Å². The van der Waals surface area contributed by atoms with Crippen LogP contribution in [0.2, 0.25) is 0 Å². The second-order valence-electron chi connectivity index (χ2n) is 5.09. The molecule has 19 heavy (non-hydrogen) atoms. The quantitative estimate of drug-likeness (QED) is 0.765. The van der Waals surface area contributed by atoms with Crippen LogP contribution in [0, 0.1) is 16.7 Å². The van der Waals surface area contributed by atoms with Gasteiger partial charge in [-0.25, -0.2) is 0 Å². The Morgan fingerprint density at radius 2 is 2.00 bits per heavy atom. The Hall–Kier alpha value is -1.89. The minimum Gasteiger partial charge on any atom is -0.497 e. The minimum absolute atomic E-state index is 0.264. The lowest BCUT2D eigenvalue weighted by Gasteiger charge is -2.16. The molecule has 0 amide bonds. The van der Waals surface area contributed by atoms with Crippen molar-refractivity contribution in [1.82, 2.24) is 0 Å². The summed E-state index contributed by atoms with van der Waals surface area (Å²) in [5.41, 5.74) is 0.650. The standard InChI is InChI=1S/C15H22N2O2/c1-15(2,11-16)8-5-9-17-13-10-12(18-3)6-7-14(13)19-4/h6-7,10,17H,5,8-9H2,1-4H3. The summed E-state index contributed by atoms with van der Waals surface area (Å²) in [4.78, 5) is 0. The number of nitrogens with one attached hydrogen (secondary N) is 1. The monoisotopic (exact) mass is 262 g/mol. The fraction of sp³-hybridized carbons (Fsp3) is 0.533. The normalized spacial score (nSPS) is 10.7. The second-order valence-corrected chi connectivity index (χ2v) is 5.09. The van der Waals surface area contributed by atoms with Crippen LogP contribution in [0.15, 0.2) is 18.2 Å². The van der Waals surface area contributed by atoms with Crippen LogP contribution in [0.1, 0.15) is 26.7 Å². The SMILES string of the molecule is COc1ccc(OC)c(NCCCC(C)(C)C#N)c1. The van der Waals surface area contributed by atoms with Crippen molar-refractivity contribution in [3.05, 3.63) is 18.2 Å². The number of nitrogens with zero attached hydrogens (tertiary/aromatic N) is 1. The van der Waals surface area contributed by atoms with E-state index in [9.17, 15) is 0 Å². The first kappa shape index (κ1) is 15.2. The molecule has 0 fully saturated rings. The van der Waals surface area contributed by atoms with E-state index in [1.54, 1.807) is 14.2 Å². The molecule has 0 radical (unpaired) electrons. The summed E-state index contributed by atoms with van der Waals surface area (Å²) in [7, 11) is 3.28. The third kappa shape index (κ3) is 4.70. The summed E-state index contributed by atoms with van der Waals surface area (Å²) in [6.07, 6.45) is 1.80. The van der Waals surface area contributed by atoms with Gasteiger partial charge in [0.05, 0.1) is 31.4 Å². The third-order valence-electron chi connectivity index (χ3n) is 3.00. The molecule has 1 N–H and O–H groups in total. The zero-order valence-electron chi connectivity index (χ0n) is 12.1. The van der Waals surface area contributed by atoms with Crippen LogP contribution in [-0.2, 0) is 0 Å². The Bertz CT molecular complexity index is 450. The van der Waals surface area contributed by atoms with Crippen LogP contribution in [0.3, 0.4) is 0 Å². The highest BCUT2D eigenvalue weighted by Crippen LogP contribution is 2.29. The van der Waals surface area contributed by atoms with Gasteiger partial charge in [0.25, 0.3) is 0 Å². The number of anilines is 1. The average molecular weight is 262 g/mol. The number of ether oxygens (including phenoxy) is 2. The van der Waals surface area contributed by atoms with Crippen molar-refractivity contribution in [3.63, 3.8) is 0 Å². The van der Waals surface area contributed by atoms with E-state index in [0.29, 0.717) is 0 Å². The van der Waals surface area contributed by atoms with E-state index in [4.69, 9.17) is 14.7 Å². The van der Waals surface area contributed by atoms with Gasteiger partial charge in [-0.1, -0.05) is 0 Å². The van der Waals surface area contributed by atoms with Crippen molar-refractivity contribution in [2.24, 2.45) is 5.41 Å². The zero-order valence-corrected chi connectivity index (χ0v) is 12.1. The van der Waals surface area contributed by atoms with Crippen molar-refractivity contribution in [1.29, 1.82) is 5.26 Å². The average Bonchev–Trinajstić information content (AvgIpc) is 2.43. The molecule has 104 valence electrons. The van der Waals surface area contributed by atoms with Crippen molar-refractivity contribution in [2.45, 2.75) is 26.7 Å². The van der Waals surface area contributed by atoms with Gasteiger partial charge >= 0.3 is 0 Å². The molecular weight excluding hydrogens is 240 g/mol. The van der Waals surface area contributed by atoms with E-state index >= 15 is 0 Å². The first-order valence-electron chi connectivity index (χ1n) is 6.39. The maximum Gasteiger partial charge on any atom is 0.142 e. The number of nitriles is 1. The Morgan fingerprint density at radius 1 is 1.26 bits per heavy atom. The van der Waals surface area contributed by atoms with Gasteiger partial charge in [0.2, 0.25) is 0 Å². The molecule has 0 aliphatic rings. The van der Waals surface area contributed by atoms with Gasteiger partial charge in [-0.3, -0.25) is 0 Å². The molecule has 1 aromatic carbocycles. The van der Waals surface area contributed by atoms with Crippen molar-refractivity contribution < 1.29 is 9.47 Å². The first-order chi connectivity index (χ1) is 9.02. The number of hydrogen-bond acceptors (Lipinski definition) is 4. The van der Waals surface area contributed by atoms with Crippen LogP contribution in [0.4, 0.5) is 5.69 Å². The lowest BCUT2D eigenvalue weighted by Crippen LogP contribution is -2.11. The molecule has 0 aliphatic carbocycles. The molecule has 1 aromatic rings. The van der Waals surface area contributed by atoms with E-state index in [2.05, 4.69) is 11.4 Å². The van der Waals surface area contributed by atoms with E-state index in [1.165, 1.54) is 0 Å². The molecular formula is C15H22N2O2. The Morgan fingerprint density at radius 3 is 2.58 bits per heavy atom. The molecule has 4 heteroatoms. The summed E-state index contributed by atoms with van der Waals surface area (Å²) in [6.45, 7) is 4.72. The molecule has 0 saturated carbocycles. The lowest BCUT2D eigenvalue weighted by atomic mass is 9.90. The molecule has 1 rings (SSSR count). The largest absolute Gasteiger partial charge is 0.497 e. The summed E-state index contributed by atoms with van der Waals surface area (Å²) in [5.74, 6) is 1.58. The highest BCUT2D eigenvalue weighted by atomic mass is 16.5. The lowest BCUT2D eigenvalue weighted by molar-refractivity contribution is 0.404. The molecule has 0 spiro atoms. The van der Waals surface area contributed by atoms with Crippen molar-refractivity contribution in [3.8, 4) is 17.6 Å². The van der Waals surface area contributed by atoms with Gasteiger partial charge in [-0.05, 0) is 38.8 Å². The molecule has 0 saturated heterocycles. The Balaban J connectivity index is 2.55. The van der Waals surface area contributed by atoms with E-state index in [0.717, 1.165) is 36.6 Å². The van der Waals surface area contributed by atoms with Gasteiger partial charge in [-0.2, -0.15) is 5.26 Å². The van der Waals surface area contributed by atoms with E-state index in [1.807, 2.05) is 32.0 Å². The number of methoxy groups -OCH3 is 2. The number of rotatable bonds is 7. The first-order valence-corrected chi connectivity index (χ1v) is 6.39. The number of hydrogen-bond donors (Lipinski definition) is 1. The van der Waals surface area contributed by atoms with Crippen LogP contribution in [-0.4, -0.2) is 20.8 Å². The van der Waals surface area contributed by atoms with E-state index in [-0.39, 0.29) is 5.41 Å². The fourth-order valence-electron chi connectivity index (χ4n) is 1.76. The summed E-state index contributed by atoms with van der Waals surface area (Å²) >= 11 is 0. The predicted octanol–water partition coefficient (Wildman–Crippen LogP) is 3.45. The number of benzene rings is 1. The molecule has 0 aromatic heterocycles. The Labute approximate surface area is 115 Å². The van der Waals surface area contributed by atoms with E-state index < -0.39 is 0 Å².